The first-order chi connectivity index (χ1) is 5.86. The maximum atomic E-state index is 5.44. The summed E-state index contributed by atoms with van der Waals surface area (Å²) in [6.45, 7) is 6.26. The molecule has 0 spiro atoms. The summed E-state index contributed by atoms with van der Waals surface area (Å²) in [5, 5.41) is 0. The highest BCUT2D eigenvalue weighted by molar-refractivity contribution is 4.74. The van der Waals surface area contributed by atoms with Crippen molar-refractivity contribution in [2.75, 3.05) is 13.2 Å². The molecule has 1 rings (SSSR count). The highest BCUT2D eigenvalue weighted by Gasteiger charge is 2.23. The Hall–Kier alpha value is -0.0400. The summed E-state index contributed by atoms with van der Waals surface area (Å²) in [4.78, 5) is 0. The van der Waals surface area contributed by atoms with Gasteiger partial charge in [-0.2, -0.15) is 0 Å². The third-order valence-corrected chi connectivity index (χ3v) is 2.90. The molecule has 1 fully saturated rings. The van der Waals surface area contributed by atoms with E-state index in [-0.39, 0.29) is 0 Å². The zero-order valence-electron chi connectivity index (χ0n) is 8.51. The predicted molar refractivity (Wildman–Crippen MR) is 52.2 cm³/mol. The van der Waals surface area contributed by atoms with Gasteiger partial charge in [-0.3, -0.25) is 0 Å². The maximum absolute atomic E-state index is 5.44. The van der Waals surface area contributed by atoms with Gasteiger partial charge < -0.3 is 4.74 Å². The van der Waals surface area contributed by atoms with Gasteiger partial charge in [-0.1, -0.05) is 26.2 Å². The largest absolute Gasteiger partial charge is 0.381 e. The molecule has 0 aromatic carbocycles. The fourth-order valence-corrected chi connectivity index (χ4v) is 2.28. The second-order valence-corrected chi connectivity index (χ2v) is 3.99. The Morgan fingerprint density at radius 3 is 2.58 bits per heavy atom. The van der Waals surface area contributed by atoms with E-state index in [4.69, 9.17) is 4.74 Å². The van der Waals surface area contributed by atoms with Crippen molar-refractivity contribution in [2.24, 2.45) is 11.8 Å². The molecule has 1 saturated carbocycles. The summed E-state index contributed by atoms with van der Waals surface area (Å²) in [7, 11) is 0. The van der Waals surface area contributed by atoms with Gasteiger partial charge in [-0.25, -0.2) is 0 Å². The van der Waals surface area contributed by atoms with E-state index in [0.717, 1.165) is 25.0 Å². The SMILES string of the molecule is CCCC1CCC(COCC)C1. The highest BCUT2D eigenvalue weighted by atomic mass is 16.5. The van der Waals surface area contributed by atoms with Gasteiger partial charge in [0.1, 0.15) is 0 Å². The minimum absolute atomic E-state index is 0.876. The van der Waals surface area contributed by atoms with Crippen LogP contribution < -0.4 is 0 Å². The van der Waals surface area contributed by atoms with E-state index in [0.29, 0.717) is 0 Å². The molecule has 1 aliphatic carbocycles. The van der Waals surface area contributed by atoms with Crippen molar-refractivity contribution in [2.45, 2.75) is 46.0 Å². The van der Waals surface area contributed by atoms with Crippen LogP contribution in [-0.4, -0.2) is 13.2 Å². The van der Waals surface area contributed by atoms with Crippen molar-refractivity contribution < 1.29 is 4.74 Å². The molecule has 0 aromatic heterocycles. The molecule has 0 heterocycles. The van der Waals surface area contributed by atoms with E-state index in [2.05, 4.69) is 13.8 Å². The second kappa shape index (κ2) is 5.58. The van der Waals surface area contributed by atoms with Gasteiger partial charge in [0.2, 0.25) is 0 Å². The summed E-state index contributed by atoms with van der Waals surface area (Å²) in [6, 6.07) is 0. The van der Waals surface area contributed by atoms with Gasteiger partial charge in [0, 0.05) is 13.2 Å². The lowest BCUT2D eigenvalue weighted by atomic mass is 10.0. The van der Waals surface area contributed by atoms with Crippen LogP contribution in [0.1, 0.15) is 46.0 Å². The minimum atomic E-state index is 0.876. The Labute approximate surface area is 76.5 Å². The summed E-state index contributed by atoms with van der Waals surface area (Å²) in [5.74, 6) is 1.89. The van der Waals surface area contributed by atoms with E-state index in [1.54, 1.807) is 0 Å². The molecular formula is C11H22O. The Balaban J connectivity index is 2.08. The van der Waals surface area contributed by atoms with Gasteiger partial charge >= 0.3 is 0 Å². The first kappa shape index (κ1) is 10.0. The van der Waals surface area contributed by atoms with E-state index < -0.39 is 0 Å². The summed E-state index contributed by atoms with van der Waals surface area (Å²) in [5.41, 5.74) is 0. The second-order valence-electron chi connectivity index (χ2n) is 3.99. The first-order valence-electron chi connectivity index (χ1n) is 5.44. The van der Waals surface area contributed by atoms with Crippen LogP contribution in [-0.2, 0) is 4.74 Å². The third-order valence-electron chi connectivity index (χ3n) is 2.90. The Morgan fingerprint density at radius 2 is 1.92 bits per heavy atom. The van der Waals surface area contributed by atoms with Crippen LogP contribution >= 0.6 is 0 Å². The lowest BCUT2D eigenvalue weighted by Crippen LogP contribution is -2.05. The number of rotatable bonds is 5. The molecule has 0 radical (unpaired) electrons. The van der Waals surface area contributed by atoms with Crippen LogP contribution in [0.2, 0.25) is 0 Å². The minimum Gasteiger partial charge on any atom is -0.381 e. The van der Waals surface area contributed by atoms with E-state index >= 15 is 0 Å². The average Bonchev–Trinajstić information content (AvgIpc) is 2.50. The summed E-state index contributed by atoms with van der Waals surface area (Å²) >= 11 is 0. The van der Waals surface area contributed by atoms with Crippen LogP contribution in [0.4, 0.5) is 0 Å². The quantitative estimate of drug-likeness (QED) is 0.615. The van der Waals surface area contributed by atoms with Crippen molar-refractivity contribution in [3.05, 3.63) is 0 Å². The van der Waals surface area contributed by atoms with Crippen LogP contribution in [0.3, 0.4) is 0 Å². The van der Waals surface area contributed by atoms with E-state index in [9.17, 15) is 0 Å². The Morgan fingerprint density at radius 1 is 1.17 bits per heavy atom. The molecule has 12 heavy (non-hydrogen) atoms. The van der Waals surface area contributed by atoms with Gasteiger partial charge in [-0.15, -0.1) is 0 Å². The molecular weight excluding hydrogens is 148 g/mol. The van der Waals surface area contributed by atoms with Crippen molar-refractivity contribution in [3.8, 4) is 0 Å². The lowest BCUT2D eigenvalue weighted by Gasteiger charge is -2.09. The summed E-state index contributed by atoms with van der Waals surface area (Å²) < 4.78 is 5.44. The summed E-state index contributed by atoms with van der Waals surface area (Å²) in [6.07, 6.45) is 7.07. The zero-order valence-corrected chi connectivity index (χ0v) is 8.51. The van der Waals surface area contributed by atoms with E-state index in [1.807, 2.05) is 0 Å². The molecule has 2 atom stereocenters. The Bertz CT molecular complexity index is 112. The van der Waals surface area contributed by atoms with Crippen LogP contribution in [0, 0.1) is 11.8 Å². The molecule has 0 N–H and O–H groups in total. The molecule has 1 nitrogen and oxygen atoms in total. The number of hydrogen-bond donors (Lipinski definition) is 0. The molecule has 1 aliphatic rings. The first-order valence-corrected chi connectivity index (χ1v) is 5.44. The molecule has 0 aromatic rings. The van der Waals surface area contributed by atoms with Crippen molar-refractivity contribution >= 4 is 0 Å². The average molecular weight is 170 g/mol. The van der Waals surface area contributed by atoms with E-state index in [1.165, 1.54) is 32.1 Å². The molecule has 1 heteroatoms. The predicted octanol–water partition coefficient (Wildman–Crippen LogP) is 3.24. The molecule has 0 aliphatic heterocycles. The van der Waals surface area contributed by atoms with Gasteiger partial charge in [0.25, 0.3) is 0 Å². The molecule has 72 valence electrons. The lowest BCUT2D eigenvalue weighted by molar-refractivity contribution is 0.111. The smallest absolute Gasteiger partial charge is 0.0494 e. The standard InChI is InChI=1S/C11H22O/c1-3-5-10-6-7-11(8-10)9-12-4-2/h10-11H,3-9H2,1-2H3. The van der Waals surface area contributed by atoms with Crippen LogP contribution in [0.5, 0.6) is 0 Å². The molecule has 0 bridgehead atoms. The topological polar surface area (TPSA) is 9.23 Å². The number of hydrogen-bond acceptors (Lipinski definition) is 1. The normalized spacial score (nSPS) is 29.5. The zero-order chi connectivity index (χ0) is 8.81. The van der Waals surface area contributed by atoms with Crippen LogP contribution in [0.25, 0.3) is 0 Å². The molecule has 0 saturated heterocycles. The van der Waals surface area contributed by atoms with Crippen molar-refractivity contribution in [3.63, 3.8) is 0 Å². The van der Waals surface area contributed by atoms with Crippen LogP contribution in [0.15, 0.2) is 0 Å². The molecule has 2 unspecified atom stereocenters. The highest BCUT2D eigenvalue weighted by Crippen LogP contribution is 2.33. The third kappa shape index (κ3) is 3.14. The fraction of sp³-hybridized carbons (Fsp3) is 1.00. The van der Waals surface area contributed by atoms with Gasteiger partial charge in [0.05, 0.1) is 0 Å². The van der Waals surface area contributed by atoms with Crippen molar-refractivity contribution in [1.29, 1.82) is 0 Å². The maximum Gasteiger partial charge on any atom is 0.0494 e. The Kier molecular flexibility index (Phi) is 4.67. The van der Waals surface area contributed by atoms with Gasteiger partial charge in [0.15, 0.2) is 0 Å². The number of ether oxygens (including phenoxy) is 1. The monoisotopic (exact) mass is 170 g/mol. The van der Waals surface area contributed by atoms with Gasteiger partial charge in [-0.05, 0) is 31.6 Å². The fourth-order valence-electron chi connectivity index (χ4n) is 2.28. The van der Waals surface area contributed by atoms with Crippen molar-refractivity contribution in [1.82, 2.24) is 0 Å². The molecule has 0 amide bonds.